The van der Waals surface area contributed by atoms with Gasteiger partial charge in [-0.25, -0.2) is 8.42 Å². The lowest BCUT2D eigenvalue weighted by Gasteiger charge is -2.17. The second-order valence-electron chi connectivity index (χ2n) is 8.15. The van der Waals surface area contributed by atoms with Crippen molar-refractivity contribution in [3.05, 3.63) is 87.4 Å². The molecule has 0 heterocycles. The molecule has 3 rings (SSSR count). The van der Waals surface area contributed by atoms with Crippen LogP contribution in [0.15, 0.2) is 59.5 Å². The average molecular weight is 471 g/mol. The lowest BCUT2D eigenvalue weighted by atomic mass is 9.98. The van der Waals surface area contributed by atoms with Crippen LogP contribution in [0.3, 0.4) is 0 Å². The van der Waals surface area contributed by atoms with Crippen molar-refractivity contribution in [3.8, 4) is 0 Å². The molecule has 7 heteroatoms. The number of carbonyl (C=O) groups is 1. The normalized spacial score (nSPS) is 11.5. The molecule has 0 aliphatic rings. The van der Waals surface area contributed by atoms with Crippen molar-refractivity contribution in [3.63, 3.8) is 0 Å². The summed E-state index contributed by atoms with van der Waals surface area (Å²) in [5, 5.41) is 2.98. The van der Waals surface area contributed by atoms with Crippen molar-refractivity contribution in [1.29, 1.82) is 0 Å². The van der Waals surface area contributed by atoms with Crippen molar-refractivity contribution >= 4 is 38.9 Å². The van der Waals surface area contributed by atoms with E-state index in [4.69, 9.17) is 11.6 Å². The molecule has 0 unspecified atom stereocenters. The van der Waals surface area contributed by atoms with Gasteiger partial charge in [-0.3, -0.25) is 9.52 Å². The number of halogens is 1. The third kappa shape index (κ3) is 4.97. The smallest absolute Gasteiger partial charge is 0.263 e. The first-order chi connectivity index (χ1) is 15.0. The highest BCUT2D eigenvalue weighted by molar-refractivity contribution is 7.92. The fraction of sp³-hybridized carbons (Fsp3) is 0.240. The molecule has 3 aromatic carbocycles. The minimum atomic E-state index is -4.00. The molecular formula is C25H27ClN2O3S. The number of amides is 1. The van der Waals surface area contributed by atoms with Crippen LogP contribution in [-0.4, -0.2) is 14.3 Å². The Morgan fingerprint density at radius 1 is 0.938 bits per heavy atom. The number of hydrogen-bond acceptors (Lipinski definition) is 3. The molecule has 0 aliphatic heterocycles. The summed E-state index contributed by atoms with van der Waals surface area (Å²) in [6, 6.07) is 15.5. The molecule has 0 fully saturated rings. The summed E-state index contributed by atoms with van der Waals surface area (Å²) in [6.07, 6.45) is 0. The Balaban J connectivity index is 1.95. The zero-order chi connectivity index (χ0) is 23.6. The maximum atomic E-state index is 13.1. The molecule has 0 aliphatic carbocycles. The predicted octanol–water partition coefficient (Wildman–Crippen LogP) is 6.44. The van der Waals surface area contributed by atoms with Crippen LogP contribution in [0, 0.1) is 20.8 Å². The van der Waals surface area contributed by atoms with Gasteiger partial charge in [0.25, 0.3) is 15.9 Å². The first-order valence-corrected chi connectivity index (χ1v) is 12.2. The Morgan fingerprint density at radius 3 is 2.28 bits per heavy atom. The van der Waals surface area contributed by atoms with Crippen LogP contribution in [0.1, 0.15) is 52.4 Å². The predicted molar refractivity (Wildman–Crippen MR) is 131 cm³/mol. The van der Waals surface area contributed by atoms with E-state index in [1.165, 1.54) is 18.2 Å². The number of nitrogens with one attached hydrogen (secondary N) is 2. The van der Waals surface area contributed by atoms with Crippen LogP contribution in [-0.2, 0) is 10.0 Å². The number of sulfonamides is 1. The maximum absolute atomic E-state index is 13.1. The topological polar surface area (TPSA) is 75.3 Å². The van der Waals surface area contributed by atoms with E-state index in [0.717, 1.165) is 27.9 Å². The van der Waals surface area contributed by atoms with E-state index in [2.05, 4.69) is 23.9 Å². The molecule has 5 nitrogen and oxygen atoms in total. The number of anilines is 2. The lowest BCUT2D eigenvalue weighted by molar-refractivity contribution is 0.102. The summed E-state index contributed by atoms with van der Waals surface area (Å²) < 4.78 is 28.8. The Morgan fingerprint density at radius 2 is 1.59 bits per heavy atom. The quantitative estimate of drug-likeness (QED) is 0.435. The number of carbonyl (C=O) groups excluding carboxylic acids is 1. The lowest BCUT2D eigenvalue weighted by Crippen LogP contribution is -2.18. The fourth-order valence-electron chi connectivity index (χ4n) is 3.44. The number of hydrogen-bond donors (Lipinski definition) is 2. The first-order valence-electron chi connectivity index (χ1n) is 10.3. The third-order valence-corrected chi connectivity index (χ3v) is 7.34. The summed E-state index contributed by atoms with van der Waals surface area (Å²) in [7, 11) is -4.00. The molecule has 0 radical (unpaired) electrons. The second kappa shape index (κ2) is 9.35. The average Bonchev–Trinajstić information content (AvgIpc) is 2.72. The van der Waals surface area contributed by atoms with Crippen LogP contribution >= 0.6 is 11.6 Å². The molecule has 3 aromatic rings. The van der Waals surface area contributed by atoms with E-state index >= 15 is 0 Å². The zero-order valence-electron chi connectivity index (χ0n) is 18.8. The molecule has 168 valence electrons. The molecule has 0 bridgehead atoms. The van der Waals surface area contributed by atoms with Crippen molar-refractivity contribution in [2.75, 3.05) is 10.0 Å². The van der Waals surface area contributed by atoms with Crippen molar-refractivity contribution < 1.29 is 13.2 Å². The summed E-state index contributed by atoms with van der Waals surface area (Å²) >= 11 is 6.22. The van der Waals surface area contributed by atoms with Crippen LogP contribution in [0.2, 0.25) is 5.02 Å². The van der Waals surface area contributed by atoms with Gasteiger partial charge < -0.3 is 5.32 Å². The van der Waals surface area contributed by atoms with Gasteiger partial charge >= 0.3 is 0 Å². The summed E-state index contributed by atoms with van der Waals surface area (Å²) in [4.78, 5) is 12.9. The molecule has 2 N–H and O–H groups in total. The van der Waals surface area contributed by atoms with Gasteiger partial charge in [0.05, 0.1) is 10.7 Å². The first kappa shape index (κ1) is 23.8. The van der Waals surface area contributed by atoms with E-state index < -0.39 is 15.9 Å². The van der Waals surface area contributed by atoms with Crippen molar-refractivity contribution in [1.82, 2.24) is 0 Å². The highest BCUT2D eigenvalue weighted by Gasteiger charge is 2.22. The SMILES string of the molecule is Cc1cccc(NS(=O)(=O)c2cc(C(=O)Nc3c(C)cccc3C(C)C)ccc2Cl)c1C. The van der Waals surface area contributed by atoms with Crippen LogP contribution < -0.4 is 10.0 Å². The number of benzene rings is 3. The van der Waals surface area contributed by atoms with E-state index in [1.807, 2.05) is 45.0 Å². The third-order valence-electron chi connectivity index (χ3n) is 5.50. The Labute approximate surface area is 194 Å². The number of aryl methyl sites for hydroxylation is 2. The highest BCUT2D eigenvalue weighted by Crippen LogP contribution is 2.30. The molecular weight excluding hydrogens is 444 g/mol. The highest BCUT2D eigenvalue weighted by atomic mass is 35.5. The molecule has 0 spiro atoms. The number of rotatable bonds is 6. The van der Waals surface area contributed by atoms with Gasteiger partial charge in [0, 0.05) is 11.3 Å². The summed E-state index contributed by atoms with van der Waals surface area (Å²) in [5.74, 6) is -0.186. The van der Waals surface area contributed by atoms with E-state index in [-0.39, 0.29) is 21.4 Å². The maximum Gasteiger partial charge on any atom is 0.263 e. The van der Waals surface area contributed by atoms with Gasteiger partial charge in [0.1, 0.15) is 4.90 Å². The fourth-order valence-corrected chi connectivity index (χ4v) is 5.09. The van der Waals surface area contributed by atoms with Gasteiger partial charge in [0.15, 0.2) is 0 Å². The molecule has 1 amide bonds. The van der Waals surface area contributed by atoms with Crippen LogP contribution in [0.5, 0.6) is 0 Å². The van der Waals surface area contributed by atoms with Gasteiger partial charge in [0.2, 0.25) is 0 Å². The van der Waals surface area contributed by atoms with Crippen molar-refractivity contribution in [2.45, 2.75) is 45.4 Å². The van der Waals surface area contributed by atoms with E-state index in [9.17, 15) is 13.2 Å². The standard InChI is InChI=1S/C25H27ClN2O3S/c1-15(2)20-10-6-9-17(4)24(20)27-25(29)19-12-13-21(26)23(14-19)32(30,31)28-22-11-7-8-16(3)18(22)5/h6-15,28H,1-5H3,(H,27,29). The Kier molecular flexibility index (Phi) is 6.96. The van der Waals surface area contributed by atoms with Gasteiger partial charge in [-0.1, -0.05) is 55.8 Å². The van der Waals surface area contributed by atoms with Crippen LogP contribution in [0.25, 0.3) is 0 Å². The second-order valence-corrected chi connectivity index (χ2v) is 10.2. The molecule has 0 aromatic heterocycles. The van der Waals surface area contributed by atoms with Crippen molar-refractivity contribution in [2.24, 2.45) is 0 Å². The summed E-state index contributed by atoms with van der Waals surface area (Å²) in [6.45, 7) is 9.77. The molecule has 0 saturated carbocycles. The van der Waals surface area contributed by atoms with E-state index in [1.54, 1.807) is 12.1 Å². The molecule has 32 heavy (non-hydrogen) atoms. The van der Waals surface area contributed by atoms with Gasteiger partial charge in [-0.05, 0) is 73.2 Å². The van der Waals surface area contributed by atoms with Gasteiger partial charge in [-0.15, -0.1) is 0 Å². The minimum Gasteiger partial charge on any atom is -0.321 e. The van der Waals surface area contributed by atoms with Gasteiger partial charge in [-0.2, -0.15) is 0 Å². The largest absolute Gasteiger partial charge is 0.321 e. The molecule has 0 saturated heterocycles. The summed E-state index contributed by atoms with van der Waals surface area (Å²) in [5.41, 5.74) is 5.14. The monoisotopic (exact) mass is 470 g/mol. The minimum absolute atomic E-state index is 0.0399. The number of para-hydroxylation sites is 1. The van der Waals surface area contributed by atoms with E-state index in [0.29, 0.717) is 5.69 Å². The zero-order valence-corrected chi connectivity index (χ0v) is 20.4. The Hall–Kier alpha value is -2.83. The van der Waals surface area contributed by atoms with Crippen LogP contribution in [0.4, 0.5) is 11.4 Å². The molecule has 0 atom stereocenters. The Bertz CT molecular complexity index is 1280.